The van der Waals surface area contributed by atoms with Crippen molar-refractivity contribution in [3.8, 4) is 11.5 Å². The first-order valence-electron chi connectivity index (χ1n) is 6.08. The molecule has 2 rings (SSSR count). The van der Waals surface area contributed by atoms with E-state index in [1.807, 2.05) is 17.5 Å². The number of hydrogen-bond donors (Lipinski definition) is 1. The molecule has 98 valence electrons. The normalized spacial score (nSPS) is 10.9. The SMILES string of the molecule is COCCCNCCc1nc(-c2ccco2)cs1. The predicted molar refractivity (Wildman–Crippen MR) is 72.9 cm³/mol. The first-order valence-corrected chi connectivity index (χ1v) is 6.96. The summed E-state index contributed by atoms with van der Waals surface area (Å²) >= 11 is 1.68. The molecule has 4 nitrogen and oxygen atoms in total. The lowest BCUT2D eigenvalue weighted by atomic mass is 10.3. The lowest BCUT2D eigenvalue weighted by molar-refractivity contribution is 0.194. The van der Waals surface area contributed by atoms with Gasteiger partial charge in [-0.3, -0.25) is 0 Å². The number of thiazole rings is 1. The van der Waals surface area contributed by atoms with Crippen LogP contribution in [0.5, 0.6) is 0 Å². The van der Waals surface area contributed by atoms with Crippen molar-refractivity contribution in [2.75, 3.05) is 26.8 Å². The van der Waals surface area contributed by atoms with Gasteiger partial charge in [-0.15, -0.1) is 11.3 Å². The molecule has 2 aromatic rings. The fourth-order valence-corrected chi connectivity index (χ4v) is 2.41. The maximum absolute atomic E-state index is 5.32. The second-order valence-electron chi connectivity index (χ2n) is 3.95. The molecule has 5 heteroatoms. The Morgan fingerprint density at radius 3 is 3.17 bits per heavy atom. The molecule has 0 aliphatic heterocycles. The van der Waals surface area contributed by atoms with E-state index in [2.05, 4.69) is 10.3 Å². The molecular weight excluding hydrogens is 248 g/mol. The van der Waals surface area contributed by atoms with Crippen molar-refractivity contribution in [1.29, 1.82) is 0 Å². The topological polar surface area (TPSA) is 47.3 Å². The second kappa shape index (κ2) is 7.31. The summed E-state index contributed by atoms with van der Waals surface area (Å²) in [6.45, 7) is 2.76. The zero-order valence-electron chi connectivity index (χ0n) is 10.5. The summed E-state index contributed by atoms with van der Waals surface area (Å²) < 4.78 is 10.3. The molecule has 0 unspecified atom stereocenters. The number of ether oxygens (including phenoxy) is 1. The van der Waals surface area contributed by atoms with Crippen molar-refractivity contribution >= 4 is 11.3 Å². The summed E-state index contributed by atoms with van der Waals surface area (Å²) in [4.78, 5) is 4.55. The number of nitrogens with zero attached hydrogens (tertiary/aromatic N) is 1. The third-order valence-electron chi connectivity index (χ3n) is 2.54. The summed E-state index contributed by atoms with van der Waals surface area (Å²) in [6, 6.07) is 3.81. The van der Waals surface area contributed by atoms with E-state index in [0.717, 1.165) is 49.0 Å². The highest BCUT2D eigenvalue weighted by molar-refractivity contribution is 7.09. The van der Waals surface area contributed by atoms with Crippen LogP contribution >= 0.6 is 11.3 Å². The van der Waals surface area contributed by atoms with Crippen LogP contribution < -0.4 is 5.32 Å². The Bertz CT molecular complexity index is 440. The van der Waals surface area contributed by atoms with Gasteiger partial charge in [0.25, 0.3) is 0 Å². The monoisotopic (exact) mass is 266 g/mol. The molecule has 1 N–H and O–H groups in total. The van der Waals surface area contributed by atoms with Gasteiger partial charge in [-0.05, 0) is 25.1 Å². The molecule has 0 spiro atoms. The Labute approximate surface area is 111 Å². The van der Waals surface area contributed by atoms with Gasteiger partial charge in [0.1, 0.15) is 5.69 Å². The van der Waals surface area contributed by atoms with Crippen molar-refractivity contribution in [3.05, 3.63) is 28.8 Å². The average molecular weight is 266 g/mol. The minimum Gasteiger partial charge on any atom is -0.463 e. The average Bonchev–Trinajstić information content (AvgIpc) is 3.03. The molecule has 0 amide bonds. The minimum atomic E-state index is 0.812. The van der Waals surface area contributed by atoms with Crippen LogP contribution in [0.4, 0.5) is 0 Å². The van der Waals surface area contributed by atoms with Crippen LogP contribution in [0.1, 0.15) is 11.4 Å². The van der Waals surface area contributed by atoms with Crippen molar-refractivity contribution in [2.45, 2.75) is 12.8 Å². The van der Waals surface area contributed by atoms with Crippen LogP contribution in [0, 0.1) is 0 Å². The lowest BCUT2D eigenvalue weighted by Crippen LogP contribution is -2.19. The Balaban J connectivity index is 1.71. The van der Waals surface area contributed by atoms with Crippen molar-refractivity contribution < 1.29 is 9.15 Å². The molecule has 0 aromatic carbocycles. The molecule has 0 bridgehead atoms. The van der Waals surface area contributed by atoms with Gasteiger partial charge < -0.3 is 14.5 Å². The van der Waals surface area contributed by atoms with Crippen LogP contribution in [0.2, 0.25) is 0 Å². The first kappa shape index (κ1) is 13.3. The fraction of sp³-hybridized carbons (Fsp3) is 0.462. The molecule has 0 saturated carbocycles. The van der Waals surface area contributed by atoms with Gasteiger partial charge in [0.2, 0.25) is 0 Å². The Kier molecular flexibility index (Phi) is 5.38. The van der Waals surface area contributed by atoms with Crippen LogP contribution in [0.25, 0.3) is 11.5 Å². The van der Waals surface area contributed by atoms with E-state index >= 15 is 0 Å². The van der Waals surface area contributed by atoms with Crippen LogP contribution in [0.15, 0.2) is 28.2 Å². The minimum absolute atomic E-state index is 0.812. The Morgan fingerprint density at radius 2 is 2.39 bits per heavy atom. The number of hydrogen-bond acceptors (Lipinski definition) is 5. The molecule has 0 radical (unpaired) electrons. The van der Waals surface area contributed by atoms with Gasteiger partial charge in [0, 0.05) is 32.1 Å². The highest BCUT2D eigenvalue weighted by atomic mass is 32.1. The third-order valence-corrected chi connectivity index (χ3v) is 3.45. The summed E-state index contributed by atoms with van der Waals surface area (Å²) in [5.41, 5.74) is 0.930. The highest BCUT2D eigenvalue weighted by Crippen LogP contribution is 2.22. The molecular formula is C13H18N2O2S. The largest absolute Gasteiger partial charge is 0.463 e. The molecule has 0 saturated heterocycles. The number of aromatic nitrogens is 1. The molecule has 0 aliphatic rings. The number of rotatable bonds is 8. The second-order valence-corrected chi connectivity index (χ2v) is 4.89. The van der Waals surface area contributed by atoms with Crippen LogP contribution in [-0.4, -0.2) is 31.8 Å². The summed E-state index contributed by atoms with van der Waals surface area (Å²) in [7, 11) is 1.73. The van der Waals surface area contributed by atoms with Gasteiger partial charge in [0.15, 0.2) is 5.76 Å². The molecule has 2 aromatic heterocycles. The first-order chi connectivity index (χ1) is 8.90. The predicted octanol–water partition coefficient (Wildman–Crippen LogP) is 2.57. The molecule has 0 atom stereocenters. The van der Waals surface area contributed by atoms with Gasteiger partial charge in [-0.25, -0.2) is 4.98 Å². The van der Waals surface area contributed by atoms with E-state index in [1.54, 1.807) is 24.7 Å². The van der Waals surface area contributed by atoms with E-state index in [-0.39, 0.29) is 0 Å². The van der Waals surface area contributed by atoms with Gasteiger partial charge in [0.05, 0.1) is 11.3 Å². The summed E-state index contributed by atoms with van der Waals surface area (Å²) in [5, 5.41) is 6.56. The number of nitrogens with one attached hydrogen (secondary N) is 1. The van der Waals surface area contributed by atoms with Crippen LogP contribution in [-0.2, 0) is 11.2 Å². The van der Waals surface area contributed by atoms with Crippen LogP contribution in [0.3, 0.4) is 0 Å². The number of furan rings is 1. The standard InChI is InChI=1S/C13H18N2O2S/c1-16-8-3-6-14-7-5-13-15-11(10-18-13)12-4-2-9-17-12/h2,4,9-10,14H,3,5-8H2,1H3. The maximum atomic E-state index is 5.32. The number of methoxy groups -OCH3 is 1. The van der Waals surface area contributed by atoms with E-state index in [9.17, 15) is 0 Å². The van der Waals surface area contributed by atoms with Crippen molar-refractivity contribution in [3.63, 3.8) is 0 Å². The molecule has 18 heavy (non-hydrogen) atoms. The molecule has 2 heterocycles. The fourth-order valence-electron chi connectivity index (χ4n) is 1.63. The Morgan fingerprint density at radius 1 is 1.44 bits per heavy atom. The zero-order valence-corrected chi connectivity index (χ0v) is 11.3. The third kappa shape index (κ3) is 3.94. The van der Waals surface area contributed by atoms with Gasteiger partial charge in [-0.1, -0.05) is 0 Å². The van der Waals surface area contributed by atoms with E-state index < -0.39 is 0 Å². The van der Waals surface area contributed by atoms with E-state index in [4.69, 9.17) is 9.15 Å². The van der Waals surface area contributed by atoms with E-state index in [1.165, 1.54) is 0 Å². The highest BCUT2D eigenvalue weighted by Gasteiger charge is 2.06. The molecule has 0 aliphatic carbocycles. The maximum Gasteiger partial charge on any atom is 0.153 e. The van der Waals surface area contributed by atoms with Crippen molar-refractivity contribution in [2.24, 2.45) is 0 Å². The smallest absolute Gasteiger partial charge is 0.153 e. The van der Waals surface area contributed by atoms with Gasteiger partial charge >= 0.3 is 0 Å². The van der Waals surface area contributed by atoms with Crippen molar-refractivity contribution in [1.82, 2.24) is 10.3 Å². The lowest BCUT2D eigenvalue weighted by Gasteiger charge is -2.02. The Hall–Kier alpha value is -1.17. The van der Waals surface area contributed by atoms with E-state index in [0.29, 0.717) is 0 Å². The zero-order chi connectivity index (χ0) is 12.6. The molecule has 0 fully saturated rings. The van der Waals surface area contributed by atoms with Gasteiger partial charge in [-0.2, -0.15) is 0 Å². The quantitative estimate of drug-likeness (QED) is 0.746. The summed E-state index contributed by atoms with van der Waals surface area (Å²) in [6.07, 6.45) is 3.68. The summed E-state index contributed by atoms with van der Waals surface area (Å²) in [5.74, 6) is 0.838.